The van der Waals surface area contributed by atoms with E-state index in [1.807, 2.05) is 31.2 Å². The Bertz CT molecular complexity index is 1090. The molecule has 0 saturated heterocycles. The molecule has 152 valence electrons. The number of aryl methyl sites for hydroxylation is 1. The Hall–Kier alpha value is -2.75. The molecule has 0 aliphatic heterocycles. The van der Waals surface area contributed by atoms with Crippen molar-refractivity contribution in [2.45, 2.75) is 18.4 Å². The first-order chi connectivity index (χ1) is 13.8. The maximum absolute atomic E-state index is 12.4. The highest BCUT2D eigenvalue weighted by Crippen LogP contribution is 2.19. The molecule has 0 unspecified atom stereocenters. The molecule has 2 aromatic carbocycles. The normalized spacial score (nSPS) is 11.4. The minimum absolute atomic E-state index is 0.157. The van der Waals surface area contributed by atoms with Gasteiger partial charge in [-0.3, -0.25) is 4.79 Å². The number of sulfonamides is 1. The fraction of sp³-hybridized carbons (Fsp3) is 0.200. The third-order valence-corrected chi connectivity index (χ3v) is 6.71. The number of hydrogen-bond acceptors (Lipinski definition) is 6. The van der Waals surface area contributed by atoms with Gasteiger partial charge >= 0.3 is 0 Å². The molecule has 0 fully saturated rings. The van der Waals surface area contributed by atoms with E-state index in [-0.39, 0.29) is 23.1 Å². The fourth-order valence-electron chi connectivity index (χ4n) is 2.38. The molecule has 1 N–H and O–H groups in total. The molecular formula is C20H21N3O4S2. The molecule has 0 spiro atoms. The van der Waals surface area contributed by atoms with Gasteiger partial charge in [0.1, 0.15) is 23.1 Å². The Morgan fingerprint density at radius 2 is 1.76 bits per heavy atom. The van der Waals surface area contributed by atoms with Crippen LogP contribution in [0.1, 0.15) is 21.1 Å². The number of nitrogens with zero attached hydrogens (tertiary/aromatic N) is 2. The van der Waals surface area contributed by atoms with Gasteiger partial charge in [0.25, 0.3) is 5.91 Å². The van der Waals surface area contributed by atoms with Crippen molar-refractivity contribution in [1.29, 1.82) is 0 Å². The number of aromatic nitrogens is 1. The number of rotatable bonds is 7. The number of nitrogens with one attached hydrogen (secondary N) is 1. The molecule has 9 heteroatoms. The molecule has 1 amide bonds. The lowest BCUT2D eigenvalue weighted by Gasteiger charge is -2.11. The van der Waals surface area contributed by atoms with Crippen LogP contribution in [0.2, 0.25) is 0 Å². The summed E-state index contributed by atoms with van der Waals surface area (Å²) in [7, 11) is -0.575. The zero-order valence-electron chi connectivity index (χ0n) is 16.2. The average molecular weight is 432 g/mol. The van der Waals surface area contributed by atoms with Crippen LogP contribution in [-0.4, -0.2) is 37.7 Å². The second kappa shape index (κ2) is 8.73. The number of carbonyl (C=O) groups is 1. The number of carbonyl (C=O) groups excluding carboxylic acids is 1. The van der Waals surface area contributed by atoms with E-state index in [0.29, 0.717) is 10.7 Å². The van der Waals surface area contributed by atoms with Gasteiger partial charge in [0.2, 0.25) is 10.0 Å². The van der Waals surface area contributed by atoms with Crippen LogP contribution in [0.25, 0.3) is 0 Å². The second-order valence-electron chi connectivity index (χ2n) is 6.49. The monoisotopic (exact) mass is 431 g/mol. The summed E-state index contributed by atoms with van der Waals surface area (Å²) in [5, 5.41) is 5.06. The molecule has 1 heterocycles. The highest BCUT2D eigenvalue weighted by atomic mass is 32.2. The van der Waals surface area contributed by atoms with Crippen LogP contribution >= 0.6 is 11.3 Å². The van der Waals surface area contributed by atoms with Crippen molar-refractivity contribution in [3.8, 4) is 5.75 Å². The summed E-state index contributed by atoms with van der Waals surface area (Å²) in [6.45, 7) is 2.28. The van der Waals surface area contributed by atoms with Crippen molar-refractivity contribution in [3.63, 3.8) is 0 Å². The Morgan fingerprint density at radius 1 is 1.10 bits per heavy atom. The summed E-state index contributed by atoms with van der Waals surface area (Å²) in [6, 6.07) is 13.7. The molecule has 0 aliphatic carbocycles. The molecule has 0 atom stereocenters. The maximum atomic E-state index is 12.4. The zero-order chi connectivity index (χ0) is 21.0. The molecule has 3 aromatic rings. The number of amides is 1. The largest absolute Gasteiger partial charge is 0.486 e. The van der Waals surface area contributed by atoms with Crippen LogP contribution in [0.15, 0.2) is 58.8 Å². The highest BCUT2D eigenvalue weighted by molar-refractivity contribution is 7.89. The number of hydrogen-bond donors (Lipinski definition) is 1. The number of benzene rings is 2. The second-order valence-corrected chi connectivity index (χ2v) is 9.59. The van der Waals surface area contributed by atoms with E-state index in [2.05, 4.69) is 10.3 Å². The fourth-order valence-corrected chi connectivity index (χ4v) is 3.96. The van der Waals surface area contributed by atoms with Gasteiger partial charge in [0.15, 0.2) is 0 Å². The SMILES string of the molecule is Cc1ccc(OCc2nc(C(=O)Nc3ccc(S(=O)(=O)N(C)C)cc3)cs2)cc1. The average Bonchev–Trinajstić information content (AvgIpc) is 3.17. The Labute approximate surface area is 174 Å². The molecule has 3 rings (SSSR count). The maximum Gasteiger partial charge on any atom is 0.275 e. The van der Waals surface area contributed by atoms with E-state index >= 15 is 0 Å². The molecule has 1 aromatic heterocycles. The molecule has 0 saturated carbocycles. The summed E-state index contributed by atoms with van der Waals surface area (Å²) in [6.07, 6.45) is 0. The van der Waals surface area contributed by atoms with Crippen LogP contribution in [0, 0.1) is 6.92 Å². The van der Waals surface area contributed by atoms with Crippen LogP contribution in [-0.2, 0) is 16.6 Å². The minimum atomic E-state index is -3.51. The first-order valence-electron chi connectivity index (χ1n) is 8.73. The first kappa shape index (κ1) is 21.0. The summed E-state index contributed by atoms with van der Waals surface area (Å²) in [5.74, 6) is 0.371. The van der Waals surface area contributed by atoms with Crippen LogP contribution in [0.3, 0.4) is 0 Å². The van der Waals surface area contributed by atoms with Crippen LogP contribution in [0.5, 0.6) is 5.75 Å². The zero-order valence-corrected chi connectivity index (χ0v) is 17.9. The van der Waals surface area contributed by atoms with Crippen molar-refractivity contribution >= 4 is 33.0 Å². The highest BCUT2D eigenvalue weighted by Gasteiger charge is 2.17. The quantitative estimate of drug-likeness (QED) is 0.618. The van der Waals surface area contributed by atoms with Crippen LogP contribution in [0.4, 0.5) is 5.69 Å². The van der Waals surface area contributed by atoms with E-state index in [4.69, 9.17) is 4.74 Å². The van der Waals surface area contributed by atoms with Gasteiger partial charge in [-0.2, -0.15) is 0 Å². The van der Waals surface area contributed by atoms with E-state index in [0.717, 1.165) is 15.6 Å². The van der Waals surface area contributed by atoms with Gasteiger partial charge in [-0.15, -0.1) is 11.3 Å². The minimum Gasteiger partial charge on any atom is -0.486 e. The smallest absolute Gasteiger partial charge is 0.275 e. The van der Waals surface area contributed by atoms with E-state index in [9.17, 15) is 13.2 Å². The molecule has 0 radical (unpaired) electrons. The summed E-state index contributed by atoms with van der Waals surface area (Å²) >= 11 is 1.34. The Kier molecular flexibility index (Phi) is 6.31. The first-order valence-corrected chi connectivity index (χ1v) is 11.1. The van der Waals surface area contributed by atoms with E-state index in [1.54, 1.807) is 17.5 Å². The third kappa shape index (κ3) is 5.20. The predicted molar refractivity (Wildman–Crippen MR) is 113 cm³/mol. The summed E-state index contributed by atoms with van der Waals surface area (Å²) < 4.78 is 31.0. The Balaban J connectivity index is 1.60. The van der Waals surface area contributed by atoms with Crippen molar-refractivity contribution in [2.24, 2.45) is 0 Å². The molecular weight excluding hydrogens is 410 g/mol. The van der Waals surface area contributed by atoms with Gasteiger partial charge in [-0.1, -0.05) is 17.7 Å². The number of thiazole rings is 1. The number of anilines is 1. The van der Waals surface area contributed by atoms with Crippen molar-refractivity contribution in [3.05, 3.63) is 70.2 Å². The number of ether oxygens (including phenoxy) is 1. The molecule has 7 nitrogen and oxygen atoms in total. The van der Waals surface area contributed by atoms with E-state index < -0.39 is 10.0 Å². The lowest BCUT2D eigenvalue weighted by molar-refractivity contribution is 0.102. The van der Waals surface area contributed by atoms with Crippen molar-refractivity contribution in [1.82, 2.24) is 9.29 Å². The Morgan fingerprint density at radius 3 is 2.38 bits per heavy atom. The van der Waals surface area contributed by atoms with Gasteiger partial charge in [0, 0.05) is 25.2 Å². The van der Waals surface area contributed by atoms with Crippen molar-refractivity contribution in [2.75, 3.05) is 19.4 Å². The molecule has 29 heavy (non-hydrogen) atoms. The summed E-state index contributed by atoms with van der Waals surface area (Å²) in [5.41, 5.74) is 1.92. The standard InChI is InChI=1S/C20H21N3O4S2/c1-14-4-8-16(9-5-14)27-12-19-22-18(13-28-19)20(24)21-15-6-10-17(11-7-15)29(25,26)23(2)3/h4-11,13H,12H2,1-3H3,(H,21,24). The summed E-state index contributed by atoms with van der Waals surface area (Å²) in [4.78, 5) is 16.8. The van der Waals surface area contributed by atoms with Gasteiger partial charge in [0.05, 0.1) is 4.90 Å². The molecule has 0 bridgehead atoms. The van der Waals surface area contributed by atoms with Crippen molar-refractivity contribution < 1.29 is 17.9 Å². The lowest BCUT2D eigenvalue weighted by Crippen LogP contribution is -2.22. The van der Waals surface area contributed by atoms with E-state index in [1.165, 1.54) is 37.6 Å². The van der Waals surface area contributed by atoms with Gasteiger partial charge in [-0.05, 0) is 43.3 Å². The van der Waals surface area contributed by atoms with Crippen LogP contribution < -0.4 is 10.1 Å². The van der Waals surface area contributed by atoms with Gasteiger partial charge < -0.3 is 10.1 Å². The van der Waals surface area contributed by atoms with Gasteiger partial charge in [-0.25, -0.2) is 17.7 Å². The lowest BCUT2D eigenvalue weighted by atomic mass is 10.2. The predicted octanol–water partition coefficient (Wildman–Crippen LogP) is 3.53. The molecule has 0 aliphatic rings. The topological polar surface area (TPSA) is 88.6 Å². The third-order valence-electron chi connectivity index (χ3n) is 4.06.